The van der Waals surface area contributed by atoms with Gasteiger partial charge in [-0.3, -0.25) is 9.63 Å². The summed E-state index contributed by atoms with van der Waals surface area (Å²) in [6.07, 6.45) is -0.274. The van der Waals surface area contributed by atoms with Crippen molar-refractivity contribution in [2.24, 2.45) is 0 Å². The minimum atomic E-state index is -2.26. The number of rotatable bonds is 11. The molecule has 28 heavy (non-hydrogen) atoms. The summed E-state index contributed by atoms with van der Waals surface area (Å²) in [5.74, 6) is 1.10. The summed E-state index contributed by atoms with van der Waals surface area (Å²) in [7, 11) is 2.39. The van der Waals surface area contributed by atoms with E-state index in [0.717, 1.165) is 5.56 Å². The Morgan fingerprint density at radius 2 is 1.54 bits per heavy atom. The van der Waals surface area contributed by atoms with E-state index in [1.54, 1.807) is 14.2 Å². The van der Waals surface area contributed by atoms with E-state index in [4.69, 9.17) is 18.7 Å². The summed E-state index contributed by atoms with van der Waals surface area (Å²) in [6, 6.07) is 5.59. The summed E-state index contributed by atoms with van der Waals surface area (Å²) in [4.78, 5) is 17.7. The third-order valence-electron chi connectivity index (χ3n) is 5.45. The van der Waals surface area contributed by atoms with E-state index in [1.807, 2.05) is 18.2 Å². The van der Waals surface area contributed by atoms with E-state index in [-0.39, 0.29) is 5.91 Å². The minimum Gasteiger partial charge on any atom is -0.497 e. The maximum atomic E-state index is 12.8. The van der Waals surface area contributed by atoms with E-state index in [0.29, 0.717) is 34.5 Å². The predicted molar refractivity (Wildman–Crippen MR) is 114 cm³/mol. The number of ether oxygens (including phenoxy) is 2. The van der Waals surface area contributed by atoms with Crippen LogP contribution in [0.2, 0.25) is 16.6 Å². The molecule has 7 heteroatoms. The number of hydrogen-bond acceptors (Lipinski definition) is 5. The van der Waals surface area contributed by atoms with Gasteiger partial charge in [0.25, 0.3) is 5.91 Å². The highest BCUT2D eigenvalue weighted by atomic mass is 28.4. The summed E-state index contributed by atoms with van der Waals surface area (Å²) in [5.41, 5.74) is 4.44. The molecular weight excluding hydrogens is 374 g/mol. The largest absolute Gasteiger partial charge is 0.497 e. The molecule has 0 aliphatic carbocycles. The zero-order valence-corrected chi connectivity index (χ0v) is 19.8. The monoisotopic (exact) mass is 411 g/mol. The lowest BCUT2D eigenvalue weighted by molar-refractivity contribution is -0.139. The first kappa shape index (κ1) is 24.5. The van der Waals surface area contributed by atoms with Gasteiger partial charge >= 0.3 is 0 Å². The summed E-state index contributed by atoms with van der Waals surface area (Å²) in [5, 5.41) is 0. The molecule has 1 aromatic rings. The lowest BCUT2D eigenvalue weighted by atomic mass is 10.1. The predicted octanol–water partition coefficient (Wildman–Crippen LogP) is 4.48. The number of carbonyl (C=O) groups is 1. The first-order valence-electron chi connectivity index (χ1n) is 9.85. The lowest BCUT2D eigenvalue weighted by Gasteiger charge is -2.44. The molecule has 6 nitrogen and oxygen atoms in total. The highest BCUT2D eigenvalue weighted by Crippen LogP contribution is 2.43. The normalized spacial score (nSPS) is 13.1. The zero-order chi connectivity index (χ0) is 21.5. The van der Waals surface area contributed by atoms with Crippen LogP contribution in [-0.4, -0.2) is 41.7 Å². The van der Waals surface area contributed by atoms with Crippen LogP contribution >= 0.6 is 0 Å². The average molecular weight is 412 g/mol. The van der Waals surface area contributed by atoms with E-state index in [1.165, 1.54) is 7.11 Å². The molecule has 0 aliphatic heterocycles. The van der Waals surface area contributed by atoms with Gasteiger partial charge in [0.05, 0.1) is 21.3 Å². The number of hydroxylamine groups is 1. The van der Waals surface area contributed by atoms with Crippen LogP contribution in [0.1, 0.15) is 47.1 Å². The summed E-state index contributed by atoms with van der Waals surface area (Å²) >= 11 is 0. The van der Waals surface area contributed by atoms with Crippen LogP contribution in [0.25, 0.3) is 0 Å². The molecular formula is C21H37NO5Si. The molecule has 0 aromatic heterocycles. The van der Waals surface area contributed by atoms with Crippen LogP contribution in [0, 0.1) is 0 Å². The molecule has 0 radical (unpaired) electrons. The number of benzene rings is 1. The van der Waals surface area contributed by atoms with Crippen molar-refractivity contribution in [1.29, 1.82) is 0 Å². The maximum absolute atomic E-state index is 12.8. The van der Waals surface area contributed by atoms with E-state index in [9.17, 15) is 4.79 Å². The minimum absolute atomic E-state index is 0.279. The van der Waals surface area contributed by atoms with Gasteiger partial charge in [0.2, 0.25) is 8.32 Å². The molecule has 160 valence electrons. The van der Waals surface area contributed by atoms with Crippen molar-refractivity contribution in [3.05, 3.63) is 23.8 Å². The van der Waals surface area contributed by atoms with Crippen LogP contribution in [0.15, 0.2) is 18.2 Å². The summed E-state index contributed by atoms with van der Waals surface area (Å²) in [6.45, 7) is 13.2. The van der Waals surface area contributed by atoms with Gasteiger partial charge in [0.1, 0.15) is 17.6 Å². The Balaban J connectivity index is 3.32. The fourth-order valence-electron chi connectivity index (χ4n) is 4.23. The van der Waals surface area contributed by atoms with Gasteiger partial charge in [-0.1, -0.05) is 47.6 Å². The first-order chi connectivity index (χ1) is 13.1. The van der Waals surface area contributed by atoms with E-state index < -0.39 is 14.4 Å². The van der Waals surface area contributed by atoms with Crippen LogP contribution in [-0.2, 0) is 20.5 Å². The molecule has 1 atom stereocenters. The molecule has 1 N–H and O–H groups in total. The molecule has 1 aromatic carbocycles. The molecule has 0 aliphatic rings. The summed E-state index contributed by atoms with van der Waals surface area (Å²) < 4.78 is 17.5. The highest BCUT2D eigenvalue weighted by molar-refractivity contribution is 6.77. The van der Waals surface area contributed by atoms with Crippen molar-refractivity contribution < 1.29 is 23.5 Å². The van der Waals surface area contributed by atoms with Gasteiger partial charge in [-0.05, 0) is 28.3 Å². The van der Waals surface area contributed by atoms with Gasteiger partial charge in [0.15, 0.2) is 0 Å². The fraction of sp³-hybridized carbons (Fsp3) is 0.667. The molecule has 0 saturated heterocycles. The Morgan fingerprint density at radius 3 is 1.96 bits per heavy atom. The molecule has 0 unspecified atom stereocenters. The topological polar surface area (TPSA) is 66.0 Å². The van der Waals surface area contributed by atoms with Crippen molar-refractivity contribution in [2.45, 2.75) is 70.7 Å². The highest BCUT2D eigenvalue weighted by Gasteiger charge is 2.47. The molecule has 1 rings (SSSR count). The number of nitrogens with one attached hydrogen (secondary N) is 1. The Kier molecular flexibility index (Phi) is 9.46. The second-order valence-electron chi connectivity index (χ2n) is 7.98. The number of methoxy groups -OCH3 is 2. The lowest BCUT2D eigenvalue weighted by Crippen LogP contribution is -2.53. The third kappa shape index (κ3) is 5.49. The standard InChI is InChI=1S/C21H37NO5Si/c1-14(2)28(15(3)4,16(5)6)27-20(21(23)22-26-9)12-17-10-11-18(24-7)13-19(17)25-8/h10-11,13-16,20H,12H2,1-9H3,(H,22,23)/t20-/m1/s1. The average Bonchev–Trinajstić information content (AvgIpc) is 2.64. The third-order valence-corrected chi connectivity index (χ3v) is 11.6. The van der Waals surface area contributed by atoms with Gasteiger partial charge in [-0.2, -0.15) is 0 Å². The van der Waals surface area contributed by atoms with Crippen molar-refractivity contribution in [2.75, 3.05) is 21.3 Å². The van der Waals surface area contributed by atoms with Crippen LogP contribution in [0.5, 0.6) is 11.5 Å². The Labute approximate surface area is 171 Å². The van der Waals surface area contributed by atoms with Crippen molar-refractivity contribution in [3.8, 4) is 11.5 Å². The molecule has 1 amide bonds. The Bertz CT molecular complexity index is 611. The fourth-order valence-corrected chi connectivity index (χ4v) is 9.73. The number of carbonyl (C=O) groups excluding carboxylic acids is 1. The molecule has 0 spiro atoms. The Morgan fingerprint density at radius 1 is 0.964 bits per heavy atom. The van der Waals surface area contributed by atoms with Crippen LogP contribution in [0.3, 0.4) is 0 Å². The Hall–Kier alpha value is -1.57. The quantitative estimate of drug-likeness (QED) is 0.429. The second-order valence-corrected chi connectivity index (χ2v) is 13.4. The van der Waals surface area contributed by atoms with Crippen LogP contribution < -0.4 is 15.0 Å². The zero-order valence-electron chi connectivity index (χ0n) is 18.8. The molecule has 0 heterocycles. The van der Waals surface area contributed by atoms with Gasteiger partial charge < -0.3 is 13.9 Å². The van der Waals surface area contributed by atoms with E-state index in [2.05, 4.69) is 47.0 Å². The number of amides is 1. The second kappa shape index (κ2) is 10.8. The smallest absolute Gasteiger partial charge is 0.271 e. The van der Waals surface area contributed by atoms with Crippen molar-refractivity contribution in [3.63, 3.8) is 0 Å². The molecule has 0 fully saturated rings. The van der Waals surface area contributed by atoms with Gasteiger partial charge in [0, 0.05) is 12.5 Å². The molecule has 0 bridgehead atoms. The van der Waals surface area contributed by atoms with Gasteiger partial charge in [-0.25, -0.2) is 5.48 Å². The van der Waals surface area contributed by atoms with Crippen LogP contribution in [0.4, 0.5) is 0 Å². The van der Waals surface area contributed by atoms with Crippen molar-refractivity contribution >= 4 is 14.2 Å². The number of hydrogen-bond donors (Lipinski definition) is 1. The van der Waals surface area contributed by atoms with Crippen molar-refractivity contribution in [1.82, 2.24) is 5.48 Å². The molecule has 0 saturated carbocycles. The maximum Gasteiger partial charge on any atom is 0.271 e. The van der Waals surface area contributed by atoms with Gasteiger partial charge in [-0.15, -0.1) is 0 Å². The van der Waals surface area contributed by atoms with E-state index >= 15 is 0 Å². The SMILES string of the molecule is CONC(=O)[C@@H](Cc1ccc(OC)cc1OC)O[Si](C(C)C)(C(C)C)C(C)C. The first-order valence-corrected chi connectivity index (χ1v) is 12.0.